The average molecular weight is 356 g/mol. The molecule has 5 nitrogen and oxygen atoms in total. The molecule has 1 aromatic carbocycles. The number of nitrogens with zero attached hydrogens (tertiary/aromatic N) is 2. The van der Waals surface area contributed by atoms with Crippen LogP contribution in [-0.4, -0.2) is 22.3 Å². The summed E-state index contributed by atoms with van der Waals surface area (Å²) in [6, 6.07) is 7.02. The van der Waals surface area contributed by atoms with Gasteiger partial charge in [-0.3, -0.25) is 4.79 Å². The molecule has 0 saturated carbocycles. The van der Waals surface area contributed by atoms with Crippen molar-refractivity contribution in [2.75, 3.05) is 11.9 Å². The molecule has 1 amide bonds. The summed E-state index contributed by atoms with van der Waals surface area (Å²) in [7, 11) is 0. The average Bonchev–Trinajstić information content (AvgIpc) is 2.93. The highest BCUT2D eigenvalue weighted by molar-refractivity contribution is 6.35. The number of amides is 1. The lowest BCUT2D eigenvalue weighted by Crippen LogP contribution is -2.17. The topological polar surface area (TPSA) is 56.2 Å². The van der Waals surface area contributed by atoms with Crippen LogP contribution in [0.4, 0.5) is 5.82 Å². The first kappa shape index (κ1) is 17.6. The molecule has 0 radical (unpaired) electrons. The molecule has 2 rings (SSSR count). The molecule has 1 heterocycles. The van der Waals surface area contributed by atoms with Crippen LogP contribution in [0.5, 0.6) is 5.75 Å². The molecule has 0 fully saturated rings. The molecule has 0 aliphatic carbocycles. The van der Waals surface area contributed by atoms with Crippen LogP contribution in [-0.2, 0) is 4.79 Å². The highest BCUT2D eigenvalue weighted by Gasteiger charge is 2.09. The van der Waals surface area contributed by atoms with Crippen molar-refractivity contribution in [3.05, 3.63) is 40.5 Å². The Labute approximate surface area is 145 Å². The summed E-state index contributed by atoms with van der Waals surface area (Å²) < 4.78 is 7.32. The first-order valence-corrected chi connectivity index (χ1v) is 8.14. The Morgan fingerprint density at radius 3 is 2.83 bits per heavy atom. The zero-order valence-electron chi connectivity index (χ0n) is 13.1. The molecule has 0 bridgehead atoms. The number of hydrogen-bond acceptors (Lipinski definition) is 3. The van der Waals surface area contributed by atoms with Gasteiger partial charge in [0.2, 0.25) is 5.91 Å². The zero-order chi connectivity index (χ0) is 16.8. The molecule has 0 spiro atoms. The number of aromatic nitrogens is 2. The third kappa shape index (κ3) is 5.15. The van der Waals surface area contributed by atoms with E-state index in [4.69, 9.17) is 27.9 Å². The summed E-state index contributed by atoms with van der Waals surface area (Å²) in [6.45, 7) is 4.41. The minimum absolute atomic E-state index is 0.0711. The highest BCUT2D eigenvalue weighted by atomic mass is 35.5. The maximum atomic E-state index is 12.0. The first-order chi connectivity index (χ1) is 11.0. The van der Waals surface area contributed by atoms with Crippen molar-refractivity contribution in [3.8, 4) is 5.75 Å². The lowest BCUT2D eigenvalue weighted by Gasteiger charge is -2.12. The Morgan fingerprint density at radius 2 is 2.13 bits per heavy atom. The fourth-order valence-corrected chi connectivity index (χ4v) is 2.50. The second kappa shape index (κ2) is 8.22. The number of nitrogens with one attached hydrogen (secondary N) is 1. The van der Waals surface area contributed by atoms with E-state index in [2.05, 4.69) is 10.4 Å². The summed E-state index contributed by atoms with van der Waals surface area (Å²) in [4.78, 5) is 12.0. The molecular formula is C16H19Cl2N3O2. The summed E-state index contributed by atoms with van der Waals surface area (Å²) in [6.07, 6.45) is 2.61. The Balaban J connectivity index is 1.75. The van der Waals surface area contributed by atoms with Gasteiger partial charge in [0, 0.05) is 23.6 Å². The number of anilines is 1. The van der Waals surface area contributed by atoms with Crippen molar-refractivity contribution < 1.29 is 9.53 Å². The first-order valence-electron chi connectivity index (χ1n) is 7.38. The Bertz CT molecular complexity index is 671. The maximum Gasteiger partial charge on any atom is 0.225 e. The quantitative estimate of drug-likeness (QED) is 0.740. The molecule has 0 aliphatic rings. The van der Waals surface area contributed by atoms with Gasteiger partial charge in [-0.25, -0.2) is 4.68 Å². The molecule has 23 heavy (non-hydrogen) atoms. The van der Waals surface area contributed by atoms with Crippen LogP contribution in [0.2, 0.25) is 10.0 Å². The molecule has 0 saturated heterocycles. The minimum Gasteiger partial charge on any atom is -0.492 e. The number of ether oxygens (including phenoxy) is 1. The fourth-order valence-electron chi connectivity index (χ4n) is 2.04. The van der Waals surface area contributed by atoms with Crippen molar-refractivity contribution in [1.29, 1.82) is 0 Å². The van der Waals surface area contributed by atoms with Gasteiger partial charge in [-0.2, -0.15) is 5.10 Å². The Morgan fingerprint density at radius 1 is 1.35 bits per heavy atom. The van der Waals surface area contributed by atoms with E-state index in [1.165, 1.54) is 0 Å². The zero-order valence-corrected chi connectivity index (χ0v) is 14.6. The van der Waals surface area contributed by atoms with Crippen LogP contribution in [0.15, 0.2) is 30.5 Å². The van der Waals surface area contributed by atoms with Crippen LogP contribution in [0.3, 0.4) is 0 Å². The van der Waals surface area contributed by atoms with Gasteiger partial charge in [0.15, 0.2) is 0 Å². The third-order valence-corrected chi connectivity index (χ3v) is 3.66. The standard InChI is InChI=1S/C16H19Cl2N3O2/c1-11(2)21-15(7-8-19-21)20-16(22)4-3-9-23-14-6-5-12(17)10-13(14)18/h5-8,10-11H,3-4,9H2,1-2H3,(H,20,22). The van der Waals surface area contributed by atoms with Crippen LogP contribution < -0.4 is 10.1 Å². The SMILES string of the molecule is CC(C)n1nccc1NC(=O)CCCOc1ccc(Cl)cc1Cl. The number of hydrogen-bond donors (Lipinski definition) is 1. The summed E-state index contributed by atoms with van der Waals surface area (Å²) in [5.41, 5.74) is 0. The van der Waals surface area contributed by atoms with Crippen LogP contribution >= 0.6 is 23.2 Å². The van der Waals surface area contributed by atoms with Crippen molar-refractivity contribution in [2.24, 2.45) is 0 Å². The van der Waals surface area contributed by atoms with E-state index in [9.17, 15) is 4.79 Å². The van der Waals surface area contributed by atoms with E-state index in [1.54, 1.807) is 35.1 Å². The number of halogens is 2. The lowest BCUT2D eigenvalue weighted by atomic mass is 10.3. The molecule has 1 aromatic heterocycles. The lowest BCUT2D eigenvalue weighted by molar-refractivity contribution is -0.116. The molecule has 0 atom stereocenters. The molecular weight excluding hydrogens is 337 g/mol. The van der Waals surface area contributed by atoms with E-state index in [-0.39, 0.29) is 11.9 Å². The largest absolute Gasteiger partial charge is 0.492 e. The van der Waals surface area contributed by atoms with E-state index in [0.717, 1.165) is 0 Å². The highest BCUT2D eigenvalue weighted by Crippen LogP contribution is 2.27. The van der Waals surface area contributed by atoms with Crippen LogP contribution in [0.25, 0.3) is 0 Å². The van der Waals surface area contributed by atoms with E-state index < -0.39 is 0 Å². The summed E-state index contributed by atoms with van der Waals surface area (Å²) in [5.74, 6) is 1.19. The van der Waals surface area contributed by atoms with Gasteiger partial charge < -0.3 is 10.1 Å². The fraction of sp³-hybridized carbons (Fsp3) is 0.375. The Kier molecular flexibility index (Phi) is 6.30. The van der Waals surface area contributed by atoms with Crippen molar-refractivity contribution in [2.45, 2.75) is 32.7 Å². The van der Waals surface area contributed by atoms with Gasteiger partial charge in [0.1, 0.15) is 11.6 Å². The second-order valence-electron chi connectivity index (χ2n) is 5.33. The molecule has 0 unspecified atom stereocenters. The number of rotatable bonds is 7. The molecule has 0 aliphatic heterocycles. The summed E-state index contributed by atoms with van der Waals surface area (Å²) >= 11 is 11.8. The molecule has 1 N–H and O–H groups in total. The smallest absolute Gasteiger partial charge is 0.225 e. The predicted molar refractivity (Wildman–Crippen MR) is 92.4 cm³/mol. The third-order valence-electron chi connectivity index (χ3n) is 3.13. The minimum atomic E-state index is -0.0711. The monoisotopic (exact) mass is 355 g/mol. The van der Waals surface area contributed by atoms with Gasteiger partial charge in [0.25, 0.3) is 0 Å². The van der Waals surface area contributed by atoms with Crippen molar-refractivity contribution in [3.63, 3.8) is 0 Å². The molecule has 2 aromatic rings. The van der Waals surface area contributed by atoms with Crippen LogP contribution in [0, 0.1) is 0 Å². The predicted octanol–water partition coefficient (Wildman–Crippen LogP) is 4.57. The van der Waals surface area contributed by atoms with Gasteiger partial charge in [-0.05, 0) is 38.5 Å². The summed E-state index contributed by atoms with van der Waals surface area (Å²) in [5, 5.41) is 8.05. The maximum absolute atomic E-state index is 12.0. The van der Waals surface area contributed by atoms with Crippen LogP contribution in [0.1, 0.15) is 32.7 Å². The molecule has 7 heteroatoms. The normalized spacial score (nSPS) is 10.8. The number of carbonyl (C=O) groups excluding carboxylic acids is 1. The molecule has 124 valence electrons. The van der Waals surface area contributed by atoms with E-state index in [0.29, 0.717) is 41.1 Å². The van der Waals surface area contributed by atoms with Gasteiger partial charge in [-0.15, -0.1) is 0 Å². The van der Waals surface area contributed by atoms with Gasteiger partial charge in [0.05, 0.1) is 17.8 Å². The van der Waals surface area contributed by atoms with Crippen molar-refractivity contribution >= 4 is 34.9 Å². The number of carbonyl (C=O) groups is 1. The van der Waals surface area contributed by atoms with Gasteiger partial charge in [-0.1, -0.05) is 23.2 Å². The van der Waals surface area contributed by atoms with Crippen molar-refractivity contribution in [1.82, 2.24) is 9.78 Å². The number of benzene rings is 1. The van der Waals surface area contributed by atoms with E-state index >= 15 is 0 Å². The second-order valence-corrected chi connectivity index (χ2v) is 6.17. The van der Waals surface area contributed by atoms with E-state index in [1.807, 2.05) is 13.8 Å². The van der Waals surface area contributed by atoms with Gasteiger partial charge >= 0.3 is 0 Å². The Hall–Kier alpha value is -1.72.